The molecular formula is C18H15IN2O2. The van der Waals surface area contributed by atoms with Crippen LogP contribution in [0.25, 0.3) is 0 Å². The lowest BCUT2D eigenvalue weighted by molar-refractivity contribution is -0.384. The molecule has 1 aliphatic carbocycles. The van der Waals surface area contributed by atoms with Gasteiger partial charge in [-0.15, -0.1) is 0 Å². The van der Waals surface area contributed by atoms with Crippen LogP contribution >= 0.6 is 22.6 Å². The largest absolute Gasteiger partial charge is 0.378 e. The number of allylic oxidation sites excluding steroid dienone is 2. The van der Waals surface area contributed by atoms with Gasteiger partial charge in [0.2, 0.25) is 0 Å². The van der Waals surface area contributed by atoms with Gasteiger partial charge in [-0.25, -0.2) is 0 Å². The minimum absolute atomic E-state index is 0.139. The van der Waals surface area contributed by atoms with Crippen LogP contribution in [0.2, 0.25) is 0 Å². The Morgan fingerprint density at radius 2 is 1.96 bits per heavy atom. The van der Waals surface area contributed by atoms with E-state index in [0.29, 0.717) is 11.8 Å². The zero-order valence-electron chi connectivity index (χ0n) is 12.3. The summed E-state index contributed by atoms with van der Waals surface area (Å²) in [5.74, 6) is 0.878. The number of non-ortho nitro benzene ring substituents is 1. The molecule has 116 valence electrons. The third-order valence-corrected chi connectivity index (χ3v) is 5.46. The average molecular weight is 418 g/mol. The van der Waals surface area contributed by atoms with Gasteiger partial charge < -0.3 is 5.32 Å². The molecule has 23 heavy (non-hydrogen) atoms. The molecule has 4 nitrogen and oxygen atoms in total. The van der Waals surface area contributed by atoms with Gasteiger partial charge in [0.1, 0.15) is 0 Å². The maximum absolute atomic E-state index is 10.8. The number of nitrogens with zero attached hydrogens (tertiary/aromatic N) is 1. The summed E-state index contributed by atoms with van der Waals surface area (Å²) >= 11 is 2.35. The molecule has 0 radical (unpaired) electrons. The fraction of sp³-hybridized carbons (Fsp3) is 0.222. The summed E-state index contributed by atoms with van der Waals surface area (Å²) in [6, 6.07) is 13.6. The van der Waals surface area contributed by atoms with E-state index in [1.807, 2.05) is 12.1 Å². The number of benzene rings is 2. The lowest BCUT2D eigenvalue weighted by Crippen LogP contribution is -2.29. The molecule has 2 aromatic rings. The maximum Gasteiger partial charge on any atom is 0.269 e. The number of hydrogen-bond acceptors (Lipinski definition) is 3. The van der Waals surface area contributed by atoms with Gasteiger partial charge in [-0.05, 0) is 64.3 Å². The molecule has 2 aromatic carbocycles. The van der Waals surface area contributed by atoms with Crippen molar-refractivity contribution in [1.29, 1.82) is 0 Å². The van der Waals surface area contributed by atoms with Gasteiger partial charge in [-0.1, -0.05) is 24.3 Å². The standard InChI is InChI=1S/C18H15IN2O2/c19-12-6-9-17-16(10-12)14-2-1-3-15(14)18(20-17)11-4-7-13(8-5-11)21(22)23/h1-2,4-10,14-15,18,20H,3H2/t14-,15-,18+/m1/s1. The van der Waals surface area contributed by atoms with Crippen LogP contribution in [-0.2, 0) is 0 Å². The lowest BCUT2D eigenvalue weighted by atomic mass is 9.77. The summed E-state index contributed by atoms with van der Waals surface area (Å²) in [6.07, 6.45) is 5.59. The minimum atomic E-state index is -0.352. The molecule has 1 N–H and O–H groups in total. The highest BCUT2D eigenvalue weighted by atomic mass is 127. The van der Waals surface area contributed by atoms with Gasteiger partial charge in [-0.3, -0.25) is 10.1 Å². The van der Waals surface area contributed by atoms with Crippen molar-refractivity contribution in [2.75, 3.05) is 5.32 Å². The minimum Gasteiger partial charge on any atom is -0.378 e. The topological polar surface area (TPSA) is 55.2 Å². The highest BCUT2D eigenvalue weighted by Gasteiger charge is 2.37. The van der Waals surface area contributed by atoms with Gasteiger partial charge >= 0.3 is 0 Å². The van der Waals surface area contributed by atoms with E-state index >= 15 is 0 Å². The number of hydrogen-bond donors (Lipinski definition) is 1. The van der Waals surface area contributed by atoms with Gasteiger partial charge in [0, 0.05) is 27.3 Å². The van der Waals surface area contributed by atoms with Crippen molar-refractivity contribution < 1.29 is 4.92 Å². The number of nitro benzene ring substituents is 1. The van der Waals surface area contributed by atoms with Crippen molar-refractivity contribution in [1.82, 2.24) is 0 Å². The summed E-state index contributed by atoms with van der Waals surface area (Å²) in [5, 5.41) is 14.5. The van der Waals surface area contributed by atoms with Crippen molar-refractivity contribution in [3.63, 3.8) is 0 Å². The third kappa shape index (κ3) is 2.52. The Hall–Kier alpha value is -1.89. The van der Waals surface area contributed by atoms with Crippen LogP contribution in [-0.4, -0.2) is 4.92 Å². The highest BCUT2D eigenvalue weighted by Crippen LogP contribution is 2.50. The number of nitro groups is 1. The molecule has 4 rings (SSSR count). The van der Waals surface area contributed by atoms with Crippen LogP contribution in [0.3, 0.4) is 0 Å². The zero-order chi connectivity index (χ0) is 16.0. The number of nitrogens with one attached hydrogen (secondary N) is 1. The van der Waals surface area contributed by atoms with Crippen LogP contribution in [0.1, 0.15) is 29.5 Å². The Bertz CT molecular complexity index is 801. The predicted octanol–water partition coefficient (Wildman–Crippen LogP) is 5.03. The third-order valence-electron chi connectivity index (χ3n) is 4.79. The summed E-state index contributed by atoms with van der Waals surface area (Å²) in [5.41, 5.74) is 3.77. The van der Waals surface area contributed by atoms with E-state index in [4.69, 9.17) is 0 Å². The van der Waals surface area contributed by atoms with Gasteiger partial charge in [0.05, 0.1) is 11.0 Å². The Kier molecular flexibility index (Phi) is 3.60. The number of anilines is 1. The summed E-state index contributed by atoms with van der Waals surface area (Å²) in [7, 11) is 0. The summed E-state index contributed by atoms with van der Waals surface area (Å²) in [4.78, 5) is 10.5. The molecule has 0 saturated heterocycles. The van der Waals surface area contributed by atoms with Crippen molar-refractivity contribution >= 4 is 34.0 Å². The van der Waals surface area contributed by atoms with Crippen LogP contribution in [0.15, 0.2) is 54.6 Å². The second kappa shape index (κ2) is 5.63. The second-order valence-corrected chi connectivity index (χ2v) is 7.30. The van der Waals surface area contributed by atoms with E-state index in [0.717, 1.165) is 12.0 Å². The first kappa shape index (κ1) is 14.7. The van der Waals surface area contributed by atoms with E-state index in [-0.39, 0.29) is 16.7 Å². The molecule has 5 heteroatoms. The number of halogens is 1. The van der Waals surface area contributed by atoms with Crippen molar-refractivity contribution in [2.24, 2.45) is 5.92 Å². The molecule has 2 aliphatic rings. The molecule has 3 atom stereocenters. The van der Waals surface area contributed by atoms with Crippen LogP contribution in [0, 0.1) is 19.6 Å². The predicted molar refractivity (Wildman–Crippen MR) is 98.6 cm³/mol. The molecule has 0 aromatic heterocycles. The first-order valence-corrected chi connectivity index (χ1v) is 8.68. The molecule has 0 spiro atoms. The Morgan fingerprint density at radius 1 is 1.17 bits per heavy atom. The van der Waals surface area contributed by atoms with Crippen LogP contribution in [0.5, 0.6) is 0 Å². The highest BCUT2D eigenvalue weighted by molar-refractivity contribution is 14.1. The summed E-state index contributed by atoms with van der Waals surface area (Å²) < 4.78 is 1.25. The van der Waals surface area contributed by atoms with Gasteiger partial charge in [-0.2, -0.15) is 0 Å². The Balaban J connectivity index is 1.73. The van der Waals surface area contributed by atoms with Gasteiger partial charge in [0.15, 0.2) is 0 Å². The Morgan fingerprint density at radius 3 is 2.70 bits per heavy atom. The fourth-order valence-corrected chi connectivity index (χ4v) is 4.21. The van der Waals surface area contributed by atoms with E-state index in [1.54, 1.807) is 12.1 Å². The number of fused-ring (bicyclic) bond motifs is 3. The van der Waals surface area contributed by atoms with E-state index < -0.39 is 0 Å². The molecule has 0 fully saturated rings. The van der Waals surface area contributed by atoms with Crippen molar-refractivity contribution in [3.8, 4) is 0 Å². The monoisotopic (exact) mass is 418 g/mol. The van der Waals surface area contributed by atoms with Crippen molar-refractivity contribution in [2.45, 2.75) is 18.4 Å². The SMILES string of the molecule is O=[N+]([O-])c1ccc([C@@H]2Nc3ccc(I)cc3[C@@H]3C=CC[C@H]32)cc1. The van der Waals surface area contributed by atoms with E-state index in [1.165, 1.54) is 14.8 Å². The molecule has 0 unspecified atom stereocenters. The molecule has 0 bridgehead atoms. The summed E-state index contributed by atoms with van der Waals surface area (Å²) in [6.45, 7) is 0. The number of rotatable bonds is 2. The second-order valence-electron chi connectivity index (χ2n) is 6.06. The normalized spacial score (nSPS) is 24.7. The quantitative estimate of drug-likeness (QED) is 0.322. The molecular weight excluding hydrogens is 403 g/mol. The van der Waals surface area contributed by atoms with Crippen LogP contribution in [0.4, 0.5) is 11.4 Å². The zero-order valence-corrected chi connectivity index (χ0v) is 14.4. The fourth-order valence-electron chi connectivity index (χ4n) is 3.70. The van der Waals surface area contributed by atoms with Gasteiger partial charge in [0.25, 0.3) is 5.69 Å². The first-order chi connectivity index (χ1) is 11.1. The Labute approximate surface area is 147 Å². The maximum atomic E-state index is 10.8. The van der Waals surface area contributed by atoms with E-state index in [2.05, 4.69) is 58.3 Å². The molecule has 1 aliphatic heterocycles. The molecule has 0 saturated carbocycles. The average Bonchev–Trinajstić information content (AvgIpc) is 3.04. The smallest absolute Gasteiger partial charge is 0.269 e. The van der Waals surface area contributed by atoms with E-state index in [9.17, 15) is 10.1 Å². The van der Waals surface area contributed by atoms with Crippen molar-refractivity contribution in [3.05, 3.63) is 79.4 Å². The first-order valence-electron chi connectivity index (χ1n) is 7.60. The van der Waals surface area contributed by atoms with Crippen LogP contribution < -0.4 is 5.32 Å². The lowest BCUT2D eigenvalue weighted by Gasteiger charge is -2.37. The molecule has 0 amide bonds. The molecule has 1 heterocycles.